The van der Waals surface area contributed by atoms with Gasteiger partial charge in [0.2, 0.25) is 23.7 Å². The number of anilines is 2. The van der Waals surface area contributed by atoms with Gasteiger partial charge in [0.15, 0.2) is 0 Å². The smallest absolute Gasteiger partial charge is 0.256 e. The zero-order valence-electron chi connectivity index (χ0n) is 25.1. The lowest BCUT2D eigenvalue weighted by atomic mass is 10.2. The van der Waals surface area contributed by atoms with Crippen molar-refractivity contribution in [2.45, 2.75) is 26.3 Å². The number of benzene rings is 4. The first kappa shape index (κ1) is 31.3. The number of rotatable bonds is 12. The highest BCUT2D eigenvalue weighted by Gasteiger charge is 2.05. The first-order valence-electron chi connectivity index (χ1n) is 14.7. The molecule has 10 nitrogen and oxygen atoms in total. The molecular formula is C36H34N6O4. The van der Waals surface area contributed by atoms with Crippen molar-refractivity contribution in [3.8, 4) is 11.8 Å². The van der Waals surface area contributed by atoms with Crippen molar-refractivity contribution >= 4 is 11.9 Å². The van der Waals surface area contributed by atoms with Crippen LogP contribution in [0.15, 0.2) is 143 Å². The molecule has 0 aliphatic rings. The third kappa shape index (κ3) is 10.5. The van der Waals surface area contributed by atoms with Crippen LogP contribution in [0.2, 0.25) is 0 Å². The molecule has 4 N–H and O–H groups in total. The number of H-pyrrole nitrogens is 2. The molecule has 6 aromatic rings. The van der Waals surface area contributed by atoms with Crippen molar-refractivity contribution in [3.63, 3.8) is 0 Å². The van der Waals surface area contributed by atoms with E-state index in [1.807, 2.05) is 121 Å². The van der Waals surface area contributed by atoms with Crippen LogP contribution in [-0.4, -0.2) is 19.9 Å². The van der Waals surface area contributed by atoms with Crippen LogP contribution in [0.1, 0.15) is 22.3 Å². The van der Waals surface area contributed by atoms with Gasteiger partial charge < -0.3 is 20.1 Å². The van der Waals surface area contributed by atoms with Gasteiger partial charge in [-0.3, -0.25) is 19.6 Å². The molecule has 0 amide bonds. The molecular weight excluding hydrogens is 580 g/mol. The molecule has 0 saturated carbocycles. The van der Waals surface area contributed by atoms with Crippen LogP contribution in [-0.2, 0) is 26.3 Å². The molecule has 0 fully saturated rings. The molecule has 0 aliphatic carbocycles. The van der Waals surface area contributed by atoms with Crippen LogP contribution >= 0.6 is 0 Å². The Morgan fingerprint density at radius 2 is 0.804 bits per heavy atom. The Morgan fingerprint density at radius 1 is 0.478 bits per heavy atom. The zero-order chi connectivity index (χ0) is 31.8. The summed E-state index contributed by atoms with van der Waals surface area (Å²) < 4.78 is 11.2. The standard InChI is InChI=1S/2C18H17N3O2/c2*22-16-11-17(23-13-15-9-5-2-6-10-15)21-18(20-16)19-12-14-7-3-1-4-8-14/h2*1-11H,12-13H2,(H2,19,20,21,22). The summed E-state index contributed by atoms with van der Waals surface area (Å²) in [4.78, 5) is 37.3. The van der Waals surface area contributed by atoms with Crippen molar-refractivity contribution in [3.05, 3.63) is 176 Å². The van der Waals surface area contributed by atoms with E-state index in [1.165, 1.54) is 12.1 Å². The molecule has 0 aliphatic heterocycles. The minimum absolute atomic E-state index is 0.251. The number of nitrogens with one attached hydrogen (secondary N) is 4. The monoisotopic (exact) mass is 614 g/mol. The molecule has 10 heteroatoms. The maximum absolute atomic E-state index is 11.7. The number of hydrogen-bond acceptors (Lipinski definition) is 8. The molecule has 2 heterocycles. The fourth-order valence-electron chi connectivity index (χ4n) is 4.21. The van der Waals surface area contributed by atoms with Gasteiger partial charge in [-0.2, -0.15) is 9.97 Å². The number of nitrogens with zero attached hydrogens (tertiary/aromatic N) is 2. The summed E-state index contributed by atoms with van der Waals surface area (Å²) >= 11 is 0. The molecule has 0 unspecified atom stereocenters. The number of ether oxygens (including phenoxy) is 2. The summed E-state index contributed by atoms with van der Waals surface area (Å²) in [6.45, 7) is 1.89. The third-order valence-electron chi connectivity index (χ3n) is 6.50. The molecule has 0 spiro atoms. The maximum Gasteiger partial charge on any atom is 0.256 e. The predicted octanol–water partition coefficient (Wildman–Crippen LogP) is 5.92. The second-order valence-electron chi connectivity index (χ2n) is 10.1. The van der Waals surface area contributed by atoms with Crippen molar-refractivity contribution in [1.29, 1.82) is 0 Å². The van der Waals surface area contributed by atoms with E-state index >= 15 is 0 Å². The van der Waals surface area contributed by atoms with Gasteiger partial charge >= 0.3 is 0 Å². The Hall–Kier alpha value is -6.16. The van der Waals surface area contributed by atoms with Crippen LogP contribution in [0.3, 0.4) is 0 Å². The van der Waals surface area contributed by atoms with Crippen LogP contribution in [0, 0.1) is 0 Å². The highest BCUT2D eigenvalue weighted by atomic mass is 16.5. The maximum atomic E-state index is 11.7. The lowest BCUT2D eigenvalue weighted by Gasteiger charge is -2.08. The zero-order valence-corrected chi connectivity index (χ0v) is 25.1. The van der Waals surface area contributed by atoms with E-state index in [0.717, 1.165) is 22.3 Å². The molecule has 6 rings (SSSR count). The molecule has 46 heavy (non-hydrogen) atoms. The van der Waals surface area contributed by atoms with Crippen LogP contribution in [0.25, 0.3) is 0 Å². The summed E-state index contributed by atoms with van der Waals surface area (Å²) in [7, 11) is 0. The fraction of sp³-hybridized carbons (Fsp3) is 0.111. The summed E-state index contributed by atoms with van der Waals surface area (Å²) in [5.74, 6) is 1.38. The Bertz CT molecular complexity index is 1610. The van der Waals surface area contributed by atoms with E-state index in [9.17, 15) is 9.59 Å². The normalized spacial score (nSPS) is 10.3. The average Bonchev–Trinajstić information content (AvgIpc) is 3.10. The number of aromatic amines is 2. The van der Waals surface area contributed by atoms with Crippen LogP contribution in [0.5, 0.6) is 11.8 Å². The highest BCUT2D eigenvalue weighted by molar-refractivity contribution is 5.31. The summed E-state index contributed by atoms with van der Waals surface area (Å²) in [6.07, 6.45) is 0. The van der Waals surface area contributed by atoms with E-state index in [1.54, 1.807) is 0 Å². The average molecular weight is 615 g/mol. The van der Waals surface area contributed by atoms with Crippen LogP contribution in [0.4, 0.5) is 11.9 Å². The lowest BCUT2D eigenvalue weighted by molar-refractivity contribution is 0.293. The van der Waals surface area contributed by atoms with Gasteiger partial charge in [-0.15, -0.1) is 0 Å². The van der Waals surface area contributed by atoms with Gasteiger partial charge in [0.25, 0.3) is 11.1 Å². The Morgan fingerprint density at radius 3 is 1.15 bits per heavy atom. The van der Waals surface area contributed by atoms with Gasteiger partial charge in [0.1, 0.15) is 13.2 Å². The van der Waals surface area contributed by atoms with Gasteiger partial charge in [0, 0.05) is 13.1 Å². The van der Waals surface area contributed by atoms with Crippen molar-refractivity contribution in [2.75, 3.05) is 10.6 Å². The van der Waals surface area contributed by atoms with E-state index in [0.29, 0.717) is 50.0 Å². The first-order valence-corrected chi connectivity index (χ1v) is 14.7. The third-order valence-corrected chi connectivity index (χ3v) is 6.50. The minimum Gasteiger partial charge on any atom is -0.473 e. The van der Waals surface area contributed by atoms with E-state index < -0.39 is 0 Å². The fourth-order valence-corrected chi connectivity index (χ4v) is 4.21. The highest BCUT2D eigenvalue weighted by Crippen LogP contribution is 2.12. The molecule has 4 aromatic carbocycles. The van der Waals surface area contributed by atoms with Crippen molar-refractivity contribution in [1.82, 2.24) is 19.9 Å². The largest absolute Gasteiger partial charge is 0.473 e. The SMILES string of the molecule is O=c1cc(OCc2ccccc2)nc(NCc2ccccc2)[nH]1.O=c1cc(OCc2ccccc2)nc(NCc2ccccc2)[nH]1. The van der Waals surface area contributed by atoms with E-state index in [4.69, 9.17) is 9.47 Å². The molecule has 232 valence electrons. The first-order chi connectivity index (χ1) is 22.6. The number of aromatic nitrogens is 4. The van der Waals surface area contributed by atoms with Gasteiger partial charge in [-0.25, -0.2) is 0 Å². The topological polar surface area (TPSA) is 134 Å². The summed E-state index contributed by atoms with van der Waals surface area (Å²) in [5, 5.41) is 6.19. The van der Waals surface area contributed by atoms with E-state index in [-0.39, 0.29) is 11.1 Å². The second-order valence-corrected chi connectivity index (χ2v) is 10.1. The van der Waals surface area contributed by atoms with Crippen molar-refractivity contribution in [2.24, 2.45) is 0 Å². The molecule has 0 saturated heterocycles. The Labute approximate surface area is 266 Å². The molecule has 2 aromatic heterocycles. The predicted molar refractivity (Wildman–Crippen MR) is 179 cm³/mol. The van der Waals surface area contributed by atoms with Gasteiger partial charge in [0.05, 0.1) is 12.1 Å². The second kappa shape index (κ2) is 16.6. The quantitative estimate of drug-likeness (QED) is 0.133. The minimum atomic E-state index is -0.251. The molecule has 0 bridgehead atoms. The lowest BCUT2D eigenvalue weighted by Crippen LogP contribution is -2.13. The van der Waals surface area contributed by atoms with Crippen molar-refractivity contribution < 1.29 is 9.47 Å². The number of hydrogen-bond donors (Lipinski definition) is 4. The summed E-state index contributed by atoms with van der Waals surface area (Å²) in [5.41, 5.74) is 3.75. The van der Waals surface area contributed by atoms with Gasteiger partial charge in [-0.05, 0) is 22.3 Å². The van der Waals surface area contributed by atoms with Crippen LogP contribution < -0.4 is 31.2 Å². The molecule has 0 atom stereocenters. The summed E-state index contributed by atoms with van der Waals surface area (Å²) in [6, 6.07) is 42.0. The Kier molecular flexibility index (Phi) is 11.3. The Balaban J connectivity index is 0.000000181. The van der Waals surface area contributed by atoms with E-state index in [2.05, 4.69) is 30.6 Å². The molecule has 0 radical (unpaired) electrons. The van der Waals surface area contributed by atoms with Gasteiger partial charge in [-0.1, -0.05) is 121 Å².